The monoisotopic (exact) mass is 423 g/mol. The molecule has 7 nitrogen and oxygen atoms in total. The Hall–Kier alpha value is -2.64. The van der Waals surface area contributed by atoms with E-state index in [1.807, 2.05) is 29.2 Å². The van der Waals surface area contributed by atoms with E-state index in [0.717, 1.165) is 63.1 Å². The van der Waals surface area contributed by atoms with Gasteiger partial charge in [-0.25, -0.2) is 0 Å². The smallest absolute Gasteiger partial charge is 0.257 e. The average molecular weight is 424 g/mol. The SMILES string of the molecule is O=C(c1cc2ccccc2cc1O)N1CCC2(CCN(CCN3CCOCC3)C2=O)C1. The van der Waals surface area contributed by atoms with Crippen molar-refractivity contribution >= 4 is 22.6 Å². The van der Waals surface area contributed by atoms with Crippen LogP contribution in [0, 0.1) is 5.41 Å². The number of hydrogen-bond acceptors (Lipinski definition) is 5. The van der Waals surface area contributed by atoms with E-state index in [0.29, 0.717) is 25.1 Å². The Morgan fingerprint density at radius 2 is 1.71 bits per heavy atom. The molecule has 0 saturated carbocycles. The summed E-state index contributed by atoms with van der Waals surface area (Å²) in [5.41, 5.74) is -0.155. The molecule has 31 heavy (non-hydrogen) atoms. The van der Waals surface area contributed by atoms with Crippen molar-refractivity contribution in [2.45, 2.75) is 12.8 Å². The number of morpholine rings is 1. The van der Waals surface area contributed by atoms with Crippen LogP contribution in [0.2, 0.25) is 0 Å². The van der Waals surface area contributed by atoms with Gasteiger partial charge in [0.1, 0.15) is 5.75 Å². The largest absolute Gasteiger partial charge is 0.507 e. The lowest BCUT2D eigenvalue weighted by atomic mass is 9.85. The molecule has 0 radical (unpaired) electrons. The van der Waals surface area contributed by atoms with Gasteiger partial charge in [-0.1, -0.05) is 24.3 Å². The number of phenols is 1. The molecule has 2 aromatic carbocycles. The molecule has 164 valence electrons. The van der Waals surface area contributed by atoms with Crippen LogP contribution < -0.4 is 0 Å². The third-order valence-electron chi connectivity index (χ3n) is 7.13. The number of carbonyl (C=O) groups is 2. The molecular formula is C24H29N3O4. The molecule has 0 aliphatic carbocycles. The molecule has 7 heteroatoms. The van der Waals surface area contributed by atoms with Crippen LogP contribution in [-0.4, -0.2) is 90.6 Å². The zero-order chi connectivity index (χ0) is 21.4. The Labute approximate surface area is 182 Å². The van der Waals surface area contributed by atoms with Crippen LogP contribution >= 0.6 is 0 Å². The summed E-state index contributed by atoms with van der Waals surface area (Å²) < 4.78 is 5.39. The standard InChI is InChI=1S/C24H29N3O4/c28-21-16-19-4-2-1-3-18(19)15-20(21)22(29)27-8-6-24(17-27)5-7-26(23(24)30)10-9-25-11-13-31-14-12-25/h1-4,15-16,28H,5-14,17H2. The molecule has 1 spiro atoms. The van der Waals surface area contributed by atoms with Gasteiger partial charge >= 0.3 is 0 Å². The fourth-order valence-electron chi connectivity index (χ4n) is 5.19. The third-order valence-corrected chi connectivity index (χ3v) is 7.13. The van der Waals surface area contributed by atoms with Gasteiger partial charge in [-0.3, -0.25) is 14.5 Å². The number of hydrogen-bond donors (Lipinski definition) is 1. The zero-order valence-corrected chi connectivity index (χ0v) is 17.8. The minimum atomic E-state index is -0.465. The summed E-state index contributed by atoms with van der Waals surface area (Å²) in [6.45, 7) is 6.72. The quantitative estimate of drug-likeness (QED) is 0.814. The number of aromatic hydroxyl groups is 1. The summed E-state index contributed by atoms with van der Waals surface area (Å²) in [4.78, 5) is 32.5. The van der Waals surface area contributed by atoms with E-state index in [4.69, 9.17) is 4.74 Å². The van der Waals surface area contributed by atoms with E-state index in [1.165, 1.54) is 0 Å². The molecule has 3 aliphatic rings. The number of rotatable bonds is 4. The minimum Gasteiger partial charge on any atom is -0.507 e. The van der Waals surface area contributed by atoms with Gasteiger partial charge in [0.25, 0.3) is 5.91 Å². The molecule has 3 saturated heterocycles. The maximum absolute atomic E-state index is 13.2. The van der Waals surface area contributed by atoms with Gasteiger partial charge in [-0.15, -0.1) is 0 Å². The van der Waals surface area contributed by atoms with Crippen LogP contribution in [0.1, 0.15) is 23.2 Å². The number of phenolic OH excluding ortho intramolecular Hbond substituents is 1. The van der Waals surface area contributed by atoms with Crippen molar-refractivity contribution in [3.05, 3.63) is 42.0 Å². The van der Waals surface area contributed by atoms with E-state index < -0.39 is 5.41 Å². The summed E-state index contributed by atoms with van der Waals surface area (Å²) in [7, 11) is 0. The van der Waals surface area contributed by atoms with Crippen LogP contribution in [0.4, 0.5) is 0 Å². The molecule has 1 unspecified atom stereocenters. The van der Waals surface area contributed by atoms with Gasteiger partial charge in [-0.05, 0) is 35.7 Å². The fourth-order valence-corrected chi connectivity index (χ4v) is 5.19. The van der Waals surface area contributed by atoms with Crippen LogP contribution in [0.5, 0.6) is 5.75 Å². The first kappa shape index (κ1) is 20.3. The van der Waals surface area contributed by atoms with Gasteiger partial charge in [-0.2, -0.15) is 0 Å². The predicted octanol–water partition coefficient (Wildman–Crippen LogP) is 1.94. The second kappa shape index (κ2) is 8.13. The number of likely N-dealkylation sites (tertiary alicyclic amines) is 2. The van der Waals surface area contributed by atoms with Gasteiger partial charge in [0.05, 0.1) is 24.2 Å². The normalized spacial score (nSPS) is 24.6. The molecule has 1 N–H and O–H groups in total. The molecule has 3 heterocycles. The second-order valence-corrected chi connectivity index (χ2v) is 8.97. The molecular weight excluding hydrogens is 394 g/mol. The molecule has 5 rings (SSSR count). The highest BCUT2D eigenvalue weighted by Crippen LogP contribution is 2.41. The highest BCUT2D eigenvalue weighted by Gasteiger charge is 2.51. The highest BCUT2D eigenvalue weighted by molar-refractivity contribution is 6.02. The molecule has 0 aromatic heterocycles. The first-order chi connectivity index (χ1) is 15.1. The summed E-state index contributed by atoms with van der Waals surface area (Å²) in [5.74, 6) is -0.0203. The number of ether oxygens (including phenoxy) is 1. The van der Waals surface area contributed by atoms with Crippen LogP contribution in [0.25, 0.3) is 10.8 Å². The molecule has 0 bridgehead atoms. The molecule has 2 aromatic rings. The lowest BCUT2D eigenvalue weighted by Gasteiger charge is -2.29. The Morgan fingerprint density at radius 1 is 1.00 bits per heavy atom. The summed E-state index contributed by atoms with van der Waals surface area (Å²) >= 11 is 0. The number of amides is 2. The second-order valence-electron chi connectivity index (χ2n) is 8.97. The van der Waals surface area contributed by atoms with Crippen molar-refractivity contribution in [3.63, 3.8) is 0 Å². The van der Waals surface area contributed by atoms with E-state index in [-0.39, 0.29) is 17.6 Å². The maximum atomic E-state index is 13.2. The van der Waals surface area contributed by atoms with E-state index in [1.54, 1.807) is 17.0 Å². The van der Waals surface area contributed by atoms with Crippen LogP contribution in [0.3, 0.4) is 0 Å². The summed E-state index contributed by atoms with van der Waals surface area (Å²) in [5, 5.41) is 12.3. The van der Waals surface area contributed by atoms with E-state index >= 15 is 0 Å². The van der Waals surface area contributed by atoms with Crippen molar-refractivity contribution in [1.29, 1.82) is 0 Å². The van der Waals surface area contributed by atoms with Gasteiger partial charge < -0.3 is 19.6 Å². The fraction of sp³-hybridized carbons (Fsp3) is 0.500. The summed E-state index contributed by atoms with van der Waals surface area (Å²) in [6, 6.07) is 11.1. The van der Waals surface area contributed by atoms with Crippen LogP contribution in [-0.2, 0) is 9.53 Å². The van der Waals surface area contributed by atoms with Crippen molar-refractivity contribution in [2.24, 2.45) is 5.41 Å². The topological polar surface area (TPSA) is 73.3 Å². The first-order valence-electron chi connectivity index (χ1n) is 11.2. The van der Waals surface area contributed by atoms with Gasteiger partial charge in [0, 0.05) is 45.8 Å². The maximum Gasteiger partial charge on any atom is 0.257 e. The van der Waals surface area contributed by atoms with Crippen LogP contribution in [0.15, 0.2) is 36.4 Å². The average Bonchev–Trinajstić information content (AvgIpc) is 3.36. The number of carbonyl (C=O) groups excluding carboxylic acids is 2. The Kier molecular flexibility index (Phi) is 5.32. The van der Waals surface area contributed by atoms with Gasteiger partial charge in [0.15, 0.2) is 0 Å². The van der Waals surface area contributed by atoms with Crippen molar-refractivity contribution in [1.82, 2.24) is 14.7 Å². The lowest BCUT2D eigenvalue weighted by Crippen LogP contribution is -2.43. The number of nitrogens with zero attached hydrogens (tertiary/aromatic N) is 3. The number of benzene rings is 2. The first-order valence-corrected chi connectivity index (χ1v) is 11.2. The number of fused-ring (bicyclic) bond motifs is 1. The Morgan fingerprint density at radius 3 is 2.48 bits per heavy atom. The highest BCUT2D eigenvalue weighted by atomic mass is 16.5. The van der Waals surface area contributed by atoms with Crippen molar-refractivity contribution < 1.29 is 19.4 Å². The molecule has 2 amide bonds. The molecule has 1 atom stereocenters. The Balaban J connectivity index is 1.25. The van der Waals surface area contributed by atoms with Gasteiger partial charge in [0.2, 0.25) is 5.91 Å². The minimum absolute atomic E-state index is 0.00506. The Bertz CT molecular complexity index is 1000. The lowest BCUT2D eigenvalue weighted by molar-refractivity contribution is -0.135. The van der Waals surface area contributed by atoms with E-state index in [2.05, 4.69) is 4.90 Å². The molecule has 3 fully saturated rings. The zero-order valence-electron chi connectivity index (χ0n) is 17.8. The van der Waals surface area contributed by atoms with E-state index in [9.17, 15) is 14.7 Å². The molecule has 3 aliphatic heterocycles. The summed E-state index contributed by atoms with van der Waals surface area (Å²) in [6.07, 6.45) is 1.49. The van der Waals surface area contributed by atoms with Crippen molar-refractivity contribution in [3.8, 4) is 5.75 Å². The van der Waals surface area contributed by atoms with Crippen molar-refractivity contribution in [2.75, 3.05) is 59.0 Å². The predicted molar refractivity (Wildman–Crippen MR) is 117 cm³/mol. The third kappa shape index (κ3) is 3.77.